The normalized spacial score (nSPS) is 21.3. The molecule has 3 rings (SSSR count). The second-order valence-corrected chi connectivity index (χ2v) is 8.33. The van der Waals surface area contributed by atoms with Crippen LogP contribution < -0.4 is 5.32 Å². The Morgan fingerprint density at radius 1 is 1.21 bits per heavy atom. The van der Waals surface area contributed by atoms with Crippen molar-refractivity contribution in [2.45, 2.75) is 31.1 Å². The number of hydrogen-bond donors (Lipinski definition) is 1. The fraction of sp³-hybridized carbons (Fsp3) is 0.632. The van der Waals surface area contributed by atoms with Crippen LogP contribution in [0.4, 0.5) is 0 Å². The zero-order chi connectivity index (χ0) is 17.2. The molecule has 0 spiro atoms. The van der Waals surface area contributed by atoms with E-state index in [1.54, 1.807) is 7.11 Å². The molecule has 5 heteroatoms. The number of nitrogens with one attached hydrogen (secondary N) is 1. The van der Waals surface area contributed by atoms with Crippen molar-refractivity contribution in [1.29, 1.82) is 0 Å². The molecule has 2 aliphatic rings. The van der Waals surface area contributed by atoms with Crippen LogP contribution in [0.25, 0.3) is 0 Å². The van der Waals surface area contributed by atoms with E-state index in [0.717, 1.165) is 49.8 Å². The highest BCUT2D eigenvalue weighted by molar-refractivity contribution is 9.10. The monoisotopic (exact) mass is 394 g/mol. The molecule has 1 aliphatic carbocycles. The summed E-state index contributed by atoms with van der Waals surface area (Å²) in [5.74, 6) is 0.245. The molecule has 1 aliphatic heterocycles. The predicted molar refractivity (Wildman–Crippen MR) is 99.1 cm³/mol. The molecule has 1 saturated carbocycles. The maximum Gasteiger partial charge on any atom is 0.230 e. The van der Waals surface area contributed by atoms with E-state index >= 15 is 0 Å². The lowest BCUT2D eigenvalue weighted by Gasteiger charge is -2.39. The van der Waals surface area contributed by atoms with Crippen molar-refractivity contribution < 1.29 is 9.53 Å². The van der Waals surface area contributed by atoms with E-state index in [9.17, 15) is 4.79 Å². The van der Waals surface area contributed by atoms with E-state index in [0.29, 0.717) is 6.61 Å². The summed E-state index contributed by atoms with van der Waals surface area (Å²) in [6.07, 6.45) is 4.03. The molecule has 132 valence electrons. The summed E-state index contributed by atoms with van der Waals surface area (Å²) in [5.41, 5.74) is 1.13. The number of nitrogens with zero attached hydrogens (tertiary/aromatic N) is 1. The smallest absolute Gasteiger partial charge is 0.230 e. The summed E-state index contributed by atoms with van der Waals surface area (Å²) < 4.78 is 6.52. The third-order valence-electron chi connectivity index (χ3n) is 5.63. The maximum atomic E-state index is 13.2. The highest BCUT2D eigenvalue weighted by atomic mass is 79.9. The van der Waals surface area contributed by atoms with E-state index in [1.807, 2.05) is 11.9 Å². The van der Waals surface area contributed by atoms with Crippen molar-refractivity contribution in [2.24, 2.45) is 5.41 Å². The summed E-state index contributed by atoms with van der Waals surface area (Å²) in [7, 11) is 3.65. The van der Waals surface area contributed by atoms with Gasteiger partial charge in [-0.2, -0.15) is 0 Å². The molecular weight excluding hydrogens is 368 g/mol. The van der Waals surface area contributed by atoms with Gasteiger partial charge in [-0.05, 0) is 56.5 Å². The van der Waals surface area contributed by atoms with Gasteiger partial charge < -0.3 is 15.0 Å². The molecule has 0 atom stereocenters. The molecule has 1 heterocycles. The van der Waals surface area contributed by atoms with Crippen LogP contribution in [-0.2, 0) is 14.9 Å². The van der Waals surface area contributed by atoms with Gasteiger partial charge in [0, 0.05) is 30.6 Å². The summed E-state index contributed by atoms with van der Waals surface area (Å²) >= 11 is 3.50. The zero-order valence-electron chi connectivity index (χ0n) is 14.6. The standard InChI is InChI=1S/C19H27BrN2O2/c1-22(17(23)19(14-24-2)9-11-21-12-10-19)13-18(7-8-18)15-3-5-16(20)6-4-15/h3-6,21H,7-14H2,1-2H3. The van der Waals surface area contributed by atoms with Crippen molar-refractivity contribution in [3.63, 3.8) is 0 Å². The number of carbonyl (C=O) groups excluding carboxylic acids is 1. The Hall–Kier alpha value is -0.910. The molecule has 1 aromatic rings. The van der Waals surface area contributed by atoms with Crippen LogP contribution in [0.5, 0.6) is 0 Å². The second kappa shape index (κ2) is 7.14. The van der Waals surface area contributed by atoms with Crippen molar-refractivity contribution in [2.75, 3.05) is 40.4 Å². The number of piperidine rings is 1. The molecule has 1 saturated heterocycles. The minimum Gasteiger partial charge on any atom is -0.384 e. The number of ether oxygens (including phenoxy) is 1. The summed E-state index contributed by atoms with van der Waals surface area (Å²) in [5, 5.41) is 3.35. The lowest BCUT2D eigenvalue weighted by atomic mass is 9.78. The number of hydrogen-bond acceptors (Lipinski definition) is 3. The van der Waals surface area contributed by atoms with Crippen LogP contribution in [0.15, 0.2) is 28.7 Å². The highest BCUT2D eigenvalue weighted by Gasteiger charge is 2.48. The van der Waals surface area contributed by atoms with Gasteiger partial charge in [0.15, 0.2) is 0 Å². The second-order valence-electron chi connectivity index (χ2n) is 7.41. The molecule has 4 nitrogen and oxygen atoms in total. The summed E-state index contributed by atoms with van der Waals surface area (Å²) in [6, 6.07) is 8.56. The van der Waals surface area contributed by atoms with Crippen LogP contribution in [-0.4, -0.2) is 51.2 Å². The number of methoxy groups -OCH3 is 1. The van der Waals surface area contributed by atoms with Crippen molar-refractivity contribution in [1.82, 2.24) is 10.2 Å². The molecule has 1 aromatic carbocycles. The van der Waals surface area contributed by atoms with Gasteiger partial charge >= 0.3 is 0 Å². The predicted octanol–water partition coefficient (Wildman–Crippen LogP) is 2.96. The Bertz CT molecular complexity index is 572. The van der Waals surface area contributed by atoms with Gasteiger partial charge in [0.05, 0.1) is 12.0 Å². The van der Waals surface area contributed by atoms with Gasteiger partial charge in [0.25, 0.3) is 0 Å². The first-order chi connectivity index (χ1) is 11.5. The van der Waals surface area contributed by atoms with E-state index in [2.05, 4.69) is 45.5 Å². The quantitative estimate of drug-likeness (QED) is 0.806. The van der Waals surface area contributed by atoms with Gasteiger partial charge in [-0.25, -0.2) is 0 Å². The Kier molecular flexibility index (Phi) is 5.33. The van der Waals surface area contributed by atoms with Crippen LogP contribution in [0.1, 0.15) is 31.2 Å². The lowest BCUT2D eigenvalue weighted by molar-refractivity contribution is -0.146. The molecular formula is C19H27BrN2O2. The van der Waals surface area contributed by atoms with Gasteiger partial charge in [-0.1, -0.05) is 28.1 Å². The first-order valence-electron chi connectivity index (χ1n) is 8.73. The van der Waals surface area contributed by atoms with Crippen molar-refractivity contribution >= 4 is 21.8 Å². The largest absolute Gasteiger partial charge is 0.384 e. The maximum absolute atomic E-state index is 13.2. The fourth-order valence-electron chi connectivity index (χ4n) is 4.02. The topological polar surface area (TPSA) is 41.6 Å². The first kappa shape index (κ1) is 17.9. The Morgan fingerprint density at radius 3 is 2.38 bits per heavy atom. The minimum atomic E-state index is -0.357. The number of amides is 1. The Labute approximate surface area is 153 Å². The Balaban J connectivity index is 1.72. The molecule has 2 fully saturated rings. The van der Waals surface area contributed by atoms with Crippen LogP contribution >= 0.6 is 15.9 Å². The number of carbonyl (C=O) groups is 1. The minimum absolute atomic E-state index is 0.145. The average molecular weight is 395 g/mol. The molecule has 0 aromatic heterocycles. The van der Waals surface area contributed by atoms with Crippen molar-refractivity contribution in [3.8, 4) is 0 Å². The van der Waals surface area contributed by atoms with Gasteiger partial charge in [0.1, 0.15) is 0 Å². The molecule has 0 radical (unpaired) electrons. The molecule has 0 bridgehead atoms. The zero-order valence-corrected chi connectivity index (χ0v) is 16.2. The lowest BCUT2D eigenvalue weighted by Crippen LogP contribution is -2.51. The van der Waals surface area contributed by atoms with Gasteiger partial charge in [0.2, 0.25) is 5.91 Å². The van der Waals surface area contributed by atoms with Crippen LogP contribution in [0.3, 0.4) is 0 Å². The summed E-state index contributed by atoms with van der Waals surface area (Å²) in [6.45, 7) is 3.09. The van der Waals surface area contributed by atoms with E-state index < -0.39 is 0 Å². The van der Waals surface area contributed by atoms with E-state index in [4.69, 9.17) is 4.74 Å². The highest BCUT2D eigenvalue weighted by Crippen LogP contribution is 2.49. The van der Waals surface area contributed by atoms with Crippen LogP contribution in [0.2, 0.25) is 0 Å². The summed E-state index contributed by atoms with van der Waals surface area (Å²) in [4.78, 5) is 15.2. The molecule has 1 amide bonds. The fourth-order valence-corrected chi connectivity index (χ4v) is 4.29. The van der Waals surface area contributed by atoms with E-state index in [-0.39, 0.29) is 16.7 Å². The SMILES string of the molecule is COCC1(C(=O)N(C)CC2(c3ccc(Br)cc3)CC2)CCNCC1. The average Bonchev–Trinajstić information content (AvgIpc) is 3.36. The van der Waals surface area contributed by atoms with E-state index in [1.165, 1.54) is 5.56 Å². The van der Waals surface area contributed by atoms with Crippen LogP contribution in [0, 0.1) is 5.41 Å². The third-order valence-corrected chi connectivity index (χ3v) is 6.16. The first-order valence-corrected chi connectivity index (χ1v) is 9.52. The molecule has 1 N–H and O–H groups in total. The molecule has 0 unspecified atom stereocenters. The van der Waals surface area contributed by atoms with Gasteiger partial charge in [-0.15, -0.1) is 0 Å². The number of likely N-dealkylation sites (N-methyl/N-ethyl adjacent to an activating group) is 1. The molecule has 24 heavy (non-hydrogen) atoms. The Morgan fingerprint density at radius 2 is 1.83 bits per heavy atom. The third kappa shape index (κ3) is 3.53. The number of halogens is 1. The number of benzene rings is 1. The van der Waals surface area contributed by atoms with Gasteiger partial charge in [-0.3, -0.25) is 4.79 Å². The number of rotatable bonds is 6. The van der Waals surface area contributed by atoms with Crippen molar-refractivity contribution in [3.05, 3.63) is 34.3 Å².